The Morgan fingerprint density at radius 3 is 2.50 bits per heavy atom. The van der Waals surface area contributed by atoms with Crippen molar-refractivity contribution in [3.8, 4) is 0 Å². The zero-order chi connectivity index (χ0) is 25.0. The van der Waals surface area contributed by atoms with Crippen molar-refractivity contribution in [2.75, 3.05) is 32.2 Å². The number of hydrogen-bond donors (Lipinski definition) is 1. The van der Waals surface area contributed by atoms with Crippen molar-refractivity contribution < 1.29 is 24.2 Å². The second-order valence-corrected chi connectivity index (χ2v) is 9.65. The lowest BCUT2D eigenvalue weighted by molar-refractivity contribution is -0.150. The molecule has 0 saturated carbocycles. The summed E-state index contributed by atoms with van der Waals surface area (Å²) in [5, 5.41) is 15.2. The highest BCUT2D eigenvalue weighted by Crippen LogP contribution is 2.42. The number of piperidine rings is 1. The molecule has 1 N–H and O–H groups in total. The zero-order valence-electron chi connectivity index (χ0n) is 21.0. The van der Waals surface area contributed by atoms with Crippen LogP contribution in [0.2, 0.25) is 0 Å². The number of hydrogen-bond acceptors (Lipinski definition) is 7. The van der Waals surface area contributed by atoms with Gasteiger partial charge in [0.2, 0.25) is 0 Å². The number of rotatable bonds is 9. The summed E-state index contributed by atoms with van der Waals surface area (Å²) in [6.07, 6.45) is 6.54. The van der Waals surface area contributed by atoms with E-state index in [1.807, 2.05) is 6.92 Å². The van der Waals surface area contributed by atoms with E-state index in [-0.39, 0.29) is 11.1 Å². The molecule has 0 aliphatic carbocycles. The molecule has 1 atom stereocenters. The van der Waals surface area contributed by atoms with E-state index in [4.69, 9.17) is 9.47 Å². The number of allylic oxidation sites excluding steroid dienone is 1. The van der Waals surface area contributed by atoms with Gasteiger partial charge in [-0.25, -0.2) is 14.1 Å². The lowest BCUT2D eigenvalue weighted by Crippen LogP contribution is -2.40. The summed E-state index contributed by atoms with van der Waals surface area (Å²) in [6.45, 7) is 12.1. The van der Waals surface area contributed by atoms with Crippen LogP contribution >= 0.6 is 0 Å². The van der Waals surface area contributed by atoms with Gasteiger partial charge in [0.05, 0.1) is 25.4 Å². The van der Waals surface area contributed by atoms with Gasteiger partial charge in [-0.3, -0.25) is 0 Å². The first-order valence-electron chi connectivity index (χ1n) is 11.9. The molecule has 1 saturated heterocycles. The van der Waals surface area contributed by atoms with E-state index in [1.54, 1.807) is 16.8 Å². The smallest absolute Gasteiger partial charge is 0.358 e. The molecule has 3 rings (SSSR count). The van der Waals surface area contributed by atoms with Gasteiger partial charge in [0.1, 0.15) is 0 Å². The Hall–Kier alpha value is -2.87. The van der Waals surface area contributed by atoms with E-state index < -0.39 is 18.0 Å². The molecule has 1 fully saturated rings. The Kier molecular flexibility index (Phi) is 8.02. The van der Waals surface area contributed by atoms with Gasteiger partial charge in [-0.15, -0.1) is 0 Å². The number of esters is 2. The summed E-state index contributed by atoms with van der Waals surface area (Å²) in [4.78, 5) is 26.6. The fraction of sp³-hybridized carbons (Fsp3) is 0.577. The highest BCUT2D eigenvalue weighted by atomic mass is 16.5. The van der Waals surface area contributed by atoms with Crippen LogP contribution in [0.25, 0.3) is 5.52 Å². The maximum absolute atomic E-state index is 12.3. The Labute approximate surface area is 201 Å². The molecule has 0 bridgehead atoms. The average molecular weight is 472 g/mol. The molecule has 0 radical (unpaired) electrons. The van der Waals surface area contributed by atoms with Crippen LogP contribution < -0.4 is 4.90 Å². The normalized spacial score (nSPS) is 16.4. The number of carbonyl (C=O) groups is 2. The van der Waals surface area contributed by atoms with E-state index in [1.165, 1.54) is 19.8 Å². The third kappa shape index (κ3) is 5.27. The number of aliphatic hydroxyl groups excluding tert-OH is 1. The van der Waals surface area contributed by atoms with Gasteiger partial charge in [-0.1, -0.05) is 32.4 Å². The number of anilines is 1. The monoisotopic (exact) mass is 471 g/mol. The first-order chi connectivity index (χ1) is 16.1. The van der Waals surface area contributed by atoms with E-state index >= 15 is 0 Å². The zero-order valence-corrected chi connectivity index (χ0v) is 21.0. The first-order valence-corrected chi connectivity index (χ1v) is 11.9. The van der Waals surface area contributed by atoms with Crippen LogP contribution in [0, 0.1) is 12.3 Å². The van der Waals surface area contributed by atoms with Crippen LogP contribution in [0.15, 0.2) is 24.4 Å². The minimum absolute atomic E-state index is 0.171. The molecule has 0 amide bonds. The Morgan fingerprint density at radius 1 is 1.24 bits per heavy atom. The second kappa shape index (κ2) is 10.6. The molecule has 1 aliphatic rings. The van der Waals surface area contributed by atoms with Crippen LogP contribution in [0.4, 0.5) is 5.69 Å². The van der Waals surface area contributed by atoms with Crippen molar-refractivity contribution >= 4 is 23.1 Å². The number of nitrogens with zero attached hydrogens (tertiary/aromatic N) is 3. The van der Waals surface area contributed by atoms with Crippen molar-refractivity contribution in [2.45, 2.75) is 65.4 Å². The number of fused-ring (bicyclic) bond motifs is 1. The molecule has 2 aromatic heterocycles. The van der Waals surface area contributed by atoms with Gasteiger partial charge in [-0.2, -0.15) is 5.10 Å². The van der Waals surface area contributed by atoms with Gasteiger partial charge in [-0.05, 0) is 50.0 Å². The van der Waals surface area contributed by atoms with Gasteiger partial charge in [0.15, 0.2) is 11.8 Å². The van der Waals surface area contributed by atoms with Crippen molar-refractivity contribution in [3.05, 3.63) is 41.2 Å². The molecule has 2 aromatic rings. The summed E-state index contributed by atoms with van der Waals surface area (Å²) in [7, 11) is 2.57. The lowest BCUT2D eigenvalue weighted by Gasteiger charge is -2.42. The molecular weight excluding hydrogens is 434 g/mol. The van der Waals surface area contributed by atoms with Gasteiger partial charge < -0.3 is 19.5 Å². The molecule has 1 aliphatic heterocycles. The van der Waals surface area contributed by atoms with Gasteiger partial charge in [0.25, 0.3) is 0 Å². The van der Waals surface area contributed by atoms with E-state index in [0.29, 0.717) is 22.3 Å². The number of aliphatic hydroxyl groups is 1. The molecule has 0 spiro atoms. The van der Waals surface area contributed by atoms with E-state index in [9.17, 15) is 14.7 Å². The van der Waals surface area contributed by atoms with Crippen LogP contribution in [-0.2, 0) is 14.3 Å². The third-order valence-electron chi connectivity index (χ3n) is 7.04. The van der Waals surface area contributed by atoms with Crippen LogP contribution in [-0.4, -0.2) is 54.0 Å². The Bertz CT molecular complexity index is 1070. The van der Waals surface area contributed by atoms with E-state index in [0.717, 1.165) is 51.6 Å². The summed E-state index contributed by atoms with van der Waals surface area (Å²) in [6, 6.07) is 1.65. The minimum Gasteiger partial charge on any atom is -0.467 e. The maximum atomic E-state index is 12.3. The predicted molar refractivity (Wildman–Crippen MR) is 131 cm³/mol. The highest BCUT2D eigenvalue weighted by molar-refractivity contribution is 5.92. The summed E-state index contributed by atoms with van der Waals surface area (Å²) >= 11 is 0. The van der Waals surface area contributed by atoms with Gasteiger partial charge >= 0.3 is 11.9 Å². The van der Waals surface area contributed by atoms with Crippen molar-refractivity contribution in [3.63, 3.8) is 0 Å². The highest BCUT2D eigenvalue weighted by Gasteiger charge is 2.34. The molecule has 1 unspecified atom stereocenters. The first kappa shape index (κ1) is 25.7. The molecular formula is C26H37N3O5. The number of methoxy groups -OCH3 is 2. The SMILES string of the molecule is C=C(CCC)CCC1(C)CCN(c2c(C(O)C(=O)OC)c(C)cn3nc(C(=O)OC)cc23)CC1. The molecule has 186 valence electrons. The van der Waals surface area contributed by atoms with Crippen molar-refractivity contribution in [1.82, 2.24) is 9.61 Å². The minimum atomic E-state index is -1.44. The number of carbonyl (C=O) groups excluding carboxylic acids is 2. The Morgan fingerprint density at radius 2 is 1.91 bits per heavy atom. The lowest BCUT2D eigenvalue weighted by atomic mass is 9.75. The Balaban J connectivity index is 1.98. The quantitative estimate of drug-likeness (QED) is 0.428. The van der Waals surface area contributed by atoms with Crippen molar-refractivity contribution in [1.29, 1.82) is 0 Å². The van der Waals surface area contributed by atoms with Crippen LogP contribution in [0.3, 0.4) is 0 Å². The molecule has 0 aromatic carbocycles. The fourth-order valence-corrected chi connectivity index (χ4v) is 4.84. The third-order valence-corrected chi connectivity index (χ3v) is 7.04. The van der Waals surface area contributed by atoms with Crippen LogP contribution in [0.1, 0.15) is 80.1 Å². The summed E-state index contributed by atoms with van der Waals surface area (Å²) in [5.74, 6) is -1.27. The summed E-state index contributed by atoms with van der Waals surface area (Å²) in [5.41, 5.74) is 4.20. The maximum Gasteiger partial charge on any atom is 0.358 e. The van der Waals surface area contributed by atoms with Crippen LogP contribution in [0.5, 0.6) is 0 Å². The number of aromatic nitrogens is 2. The second-order valence-electron chi connectivity index (χ2n) is 9.65. The molecule has 8 heteroatoms. The topological polar surface area (TPSA) is 93.4 Å². The number of aryl methyl sites for hydroxylation is 1. The number of ether oxygens (including phenoxy) is 2. The summed E-state index contributed by atoms with van der Waals surface area (Å²) < 4.78 is 11.3. The number of pyridine rings is 1. The largest absolute Gasteiger partial charge is 0.467 e. The standard InChI is InChI=1S/C26H37N3O5/c1-7-8-17(2)9-10-26(4)11-13-28(14-12-26)22-20-15-19(24(31)33-5)27-29(20)16-18(3)21(22)23(30)25(32)34-6/h15-16,23,30H,2,7-14H2,1,3-6H3. The average Bonchev–Trinajstić information content (AvgIpc) is 3.25. The predicted octanol–water partition coefficient (Wildman–Crippen LogP) is 4.38. The molecule has 3 heterocycles. The van der Waals surface area contributed by atoms with E-state index in [2.05, 4.69) is 30.4 Å². The fourth-order valence-electron chi connectivity index (χ4n) is 4.84. The molecule has 8 nitrogen and oxygen atoms in total. The van der Waals surface area contributed by atoms with Gasteiger partial charge in [0, 0.05) is 30.9 Å². The molecule has 34 heavy (non-hydrogen) atoms. The van der Waals surface area contributed by atoms with Crippen molar-refractivity contribution in [2.24, 2.45) is 5.41 Å².